The summed E-state index contributed by atoms with van der Waals surface area (Å²) < 4.78 is 7.59. The molecule has 1 aromatic heterocycles. The Morgan fingerprint density at radius 3 is 2.74 bits per heavy atom. The smallest absolute Gasteiger partial charge is 0.269 e. The lowest BCUT2D eigenvalue weighted by Crippen LogP contribution is -2.49. The minimum absolute atomic E-state index is 0.0541. The van der Waals surface area contributed by atoms with E-state index in [9.17, 15) is 4.79 Å². The second-order valence-electron chi connectivity index (χ2n) is 7.61. The van der Waals surface area contributed by atoms with Crippen LogP contribution >= 0.6 is 0 Å². The zero-order valence-electron chi connectivity index (χ0n) is 13.6. The van der Waals surface area contributed by atoms with Gasteiger partial charge in [-0.2, -0.15) is 5.10 Å². The van der Waals surface area contributed by atoms with Crippen LogP contribution in [-0.4, -0.2) is 47.5 Å². The number of nitrogens with zero attached hydrogens (tertiary/aromatic N) is 3. The molecule has 2 aliphatic heterocycles. The fraction of sp³-hybridized carbons (Fsp3) is 0.765. The lowest BCUT2D eigenvalue weighted by molar-refractivity contribution is 0.0844. The normalized spacial score (nSPS) is 34.2. The zero-order valence-corrected chi connectivity index (χ0v) is 13.6. The Morgan fingerprint density at radius 2 is 2.04 bits per heavy atom. The molecular weight excluding hydrogens is 292 g/mol. The number of morpholine rings is 1. The first-order valence-electron chi connectivity index (χ1n) is 8.97. The number of ether oxygens (including phenoxy) is 1. The van der Waals surface area contributed by atoms with Gasteiger partial charge in [-0.15, -0.1) is 0 Å². The summed E-state index contributed by atoms with van der Waals surface area (Å²) in [6.07, 6.45) is 5.04. The molecule has 0 radical (unpaired) electrons. The molecule has 6 heteroatoms. The molecule has 0 spiro atoms. The third-order valence-electron chi connectivity index (χ3n) is 5.80. The molecule has 124 valence electrons. The SMILES string of the molecule is C[C@@H]1COCCN1c1cc2n(n1)[C@H](C1CC1)[C@@H](C1CC1)NC2=O. The average Bonchev–Trinajstić information content (AvgIpc) is 3.44. The molecule has 2 aliphatic carbocycles. The van der Waals surface area contributed by atoms with Crippen molar-refractivity contribution in [1.82, 2.24) is 15.1 Å². The lowest BCUT2D eigenvalue weighted by Gasteiger charge is -2.34. The van der Waals surface area contributed by atoms with Gasteiger partial charge in [-0.1, -0.05) is 0 Å². The largest absolute Gasteiger partial charge is 0.377 e. The number of hydrogen-bond acceptors (Lipinski definition) is 4. The molecule has 0 aromatic carbocycles. The summed E-state index contributed by atoms with van der Waals surface area (Å²) in [6, 6.07) is 2.94. The molecule has 0 bridgehead atoms. The molecule has 3 heterocycles. The van der Waals surface area contributed by atoms with Gasteiger partial charge >= 0.3 is 0 Å². The van der Waals surface area contributed by atoms with Gasteiger partial charge in [-0.3, -0.25) is 9.48 Å². The van der Waals surface area contributed by atoms with E-state index >= 15 is 0 Å². The molecule has 0 unspecified atom stereocenters. The van der Waals surface area contributed by atoms with Crippen LogP contribution < -0.4 is 10.2 Å². The number of fused-ring (bicyclic) bond motifs is 1. The highest BCUT2D eigenvalue weighted by Crippen LogP contribution is 2.49. The van der Waals surface area contributed by atoms with Crippen molar-refractivity contribution in [1.29, 1.82) is 0 Å². The number of carbonyl (C=O) groups excluding carboxylic acids is 1. The minimum Gasteiger partial charge on any atom is -0.377 e. The Labute approximate surface area is 136 Å². The second-order valence-corrected chi connectivity index (χ2v) is 7.61. The molecule has 1 saturated heterocycles. The molecule has 3 fully saturated rings. The topological polar surface area (TPSA) is 59.4 Å². The predicted octanol–water partition coefficient (Wildman–Crippen LogP) is 1.58. The van der Waals surface area contributed by atoms with Crippen LogP contribution in [0.25, 0.3) is 0 Å². The third-order valence-corrected chi connectivity index (χ3v) is 5.80. The summed E-state index contributed by atoms with van der Waals surface area (Å²) in [5, 5.41) is 8.20. The summed E-state index contributed by atoms with van der Waals surface area (Å²) in [4.78, 5) is 14.9. The van der Waals surface area contributed by atoms with Crippen LogP contribution in [0.15, 0.2) is 6.07 Å². The number of anilines is 1. The van der Waals surface area contributed by atoms with Crippen molar-refractivity contribution in [3.05, 3.63) is 11.8 Å². The van der Waals surface area contributed by atoms with E-state index in [-0.39, 0.29) is 11.9 Å². The number of nitrogens with one attached hydrogen (secondary N) is 1. The van der Waals surface area contributed by atoms with Crippen LogP contribution in [0, 0.1) is 11.8 Å². The Hall–Kier alpha value is -1.56. The summed E-state index contributed by atoms with van der Waals surface area (Å²) in [7, 11) is 0. The third kappa shape index (κ3) is 2.26. The Balaban J connectivity index is 1.52. The fourth-order valence-corrected chi connectivity index (χ4v) is 4.23. The highest BCUT2D eigenvalue weighted by Gasteiger charge is 2.49. The van der Waals surface area contributed by atoms with Crippen molar-refractivity contribution < 1.29 is 9.53 Å². The van der Waals surface area contributed by atoms with E-state index in [1.54, 1.807) is 0 Å². The number of carbonyl (C=O) groups is 1. The van der Waals surface area contributed by atoms with Gasteiger partial charge in [0.1, 0.15) is 5.69 Å². The number of rotatable bonds is 3. The first-order chi connectivity index (χ1) is 11.2. The van der Waals surface area contributed by atoms with Crippen molar-refractivity contribution in [3.63, 3.8) is 0 Å². The summed E-state index contributed by atoms with van der Waals surface area (Å²) >= 11 is 0. The van der Waals surface area contributed by atoms with Gasteiger partial charge in [0.05, 0.1) is 31.3 Å². The van der Waals surface area contributed by atoms with Gasteiger partial charge in [0, 0.05) is 12.6 Å². The van der Waals surface area contributed by atoms with Crippen molar-refractivity contribution in [2.75, 3.05) is 24.7 Å². The number of aromatic nitrogens is 2. The molecule has 1 amide bonds. The predicted molar refractivity (Wildman–Crippen MR) is 85.6 cm³/mol. The van der Waals surface area contributed by atoms with E-state index in [4.69, 9.17) is 9.84 Å². The Morgan fingerprint density at radius 1 is 1.26 bits per heavy atom. The molecule has 6 nitrogen and oxygen atoms in total. The second kappa shape index (κ2) is 4.97. The van der Waals surface area contributed by atoms with Gasteiger partial charge in [-0.05, 0) is 44.4 Å². The first kappa shape index (κ1) is 13.8. The van der Waals surface area contributed by atoms with Crippen LogP contribution in [0.2, 0.25) is 0 Å². The Kier molecular flexibility index (Phi) is 2.99. The van der Waals surface area contributed by atoms with Crippen molar-refractivity contribution in [3.8, 4) is 0 Å². The van der Waals surface area contributed by atoms with Crippen molar-refractivity contribution >= 4 is 11.7 Å². The van der Waals surface area contributed by atoms with E-state index in [2.05, 4.69) is 21.8 Å². The maximum Gasteiger partial charge on any atom is 0.269 e. The van der Waals surface area contributed by atoms with Crippen molar-refractivity contribution in [2.24, 2.45) is 11.8 Å². The zero-order chi connectivity index (χ0) is 15.6. The van der Waals surface area contributed by atoms with E-state index in [1.807, 2.05) is 6.07 Å². The standard InChI is InChI=1S/C17H24N4O2/c1-10-9-23-7-6-20(10)14-8-13-17(22)18-15(11-2-3-11)16(12-4-5-12)21(13)19-14/h8,10-12,15-16H,2-7,9H2,1H3,(H,18,22)/t10-,15-,16-/m1/s1. The maximum absolute atomic E-state index is 12.6. The molecule has 1 aromatic rings. The van der Waals surface area contributed by atoms with Crippen LogP contribution in [0.1, 0.15) is 49.1 Å². The molecule has 23 heavy (non-hydrogen) atoms. The van der Waals surface area contributed by atoms with Gasteiger partial charge in [-0.25, -0.2) is 0 Å². The van der Waals surface area contributed by atoms with Crippen molar-refractivity contribution in [2.45, 2.75) is 50.7 Å². The summed E-state index contributed by atoms with van der Waals surface area (Å²) in [5.74, 6) is 2.34. The molecule has 4 aliphatic rings. The highest BCUT2D eigenvalue weighted by molar-refractivity contribution is 5.94. The van der Waals surface area contributed by atoms with Gasteiger partial charge in [0.25, 0.3) is 5.91 Å². The lowest BCUT2D eigenvalue weighted by atomic mass is 9.96. The van der Waals surface area contributed by atoms with E-state index in [0.29, 0.717) is 23.9 Å². The van der Waals surface area contributed by atoms with E-state index in [1.165, 1.54) is 25.7 Å². The van der Waals surface area contributed by atoms with Gasteiger partial charge in [0.2, 0.25) is 0 Å². The average molecular weight is 316 g/mol. The molecule has 3 atom stereocenters. The minimum atomic E-state index is 0.0541. The first-order valence-corrected chi connectivity index (χ1v) is 8.97. The summed E-state index contributed by atoms with van der Waals surface area (Å²) in [6.45, 7) is 4.46. The number of amides is 1. The van der Waals surface area contributed by atoms with Gasteiger partial charge < -0.3 is 15.0 Å². The highest BCUT2D eigenvalue weighted by atomic mass is 16.5. The van der Waals surface area contributed by atoms with E-state index < -0.39 is 0 Å². The van der Waals surface area contributed by atoms with Crippen LogP contribution in [-0.2, 0) is 4.74 Å². The van der Waals surface area contributed by atoms with Crippen LogP contribution in [0.3, 0.4) is 0 Å². The Bertz CT molecular complexity index is 635. The van der Waals surface area contributed by atoms with Crippen LogP contribution in [0.5, 0.6) is 0 Å². The summed E-state index contributed by atoms with van der Waals surface area (Å²) in [5.41, 5.74) is 0.743. The fourth-order valence-electron chi connectivity index (χ4n) is 4.23. The quantitative estimate of drug-likeness (QED) is 0.920. The number of hydrogen-bond donors (Lipinski definition) is 1. The van der Waals surface area contributed by atoms with Crippen LogP contribution in [0.4, 0.5) is 5.82 Å². The monoisotopic (exact) mass is 316 g/mol. The molecule has 5 rings (SSSR count). The maximum atomic E-state index is 12.6. The molecule has 2 saturated carbocycles. The molecular formula is C17H24N4O2. The van der Waals surface area contributed by atoms with Gasteiger partial charge in [0.15, 0.2) is 5.82 Å². The molecule has 1 N–H and O–H groups in total. The van der Waals surface area contributed by atoms with E-state index in [0.717, 1.165) is 31.3 Å².